The lowest BCUT2D eigenvalue weighted by Crippen LogP contribution is -2.28. The number of benzene rings is 1. The van der Waals surface area contributed by atoms with Crippen LogP contribution in [-0.4, -0.2) is 20.9 Å². The zero-order valence-electron chi connectivity index (χ0n) is 7.41. The van der Waals surface area contributed by atoms with Crippen LogP contribution < -0.4 is 5.11 Å². The highest BCUT2D eigenvalue weighted by Crippen LogP contribution is 2.21. The first-order valence-electron chi connectivity index (χ1n) is 3.84. The number of nitro groups is 1. The molecular weight excluding hydrogens is 222 g/mol. The lowest BCUT2D eigenvalue weighted by Gasteiger charge is -2.03. The summed E-state index contributed by atoms with van der Waals surface area (Å²) >= 11 is 0. The highest BCUT2D eigenvalue weighted by atomic mass is 32.2. The van der Waals surface area contributed by atoms with Crippen molar-refractivity contribution in [3.8, 4) is 0 Å². The first kappa shape index (κ1) is 11.3. The average molecular weight is 228 g/mol. The fraction of sp³-hybridized carbons (Fsp3) is 0.125. The lowest BCUT2D eigenvalue weighted by atomic mass is 10.3. The van der Waals surface area contributed by atoms with E-state index in [0.29, 0.717) is 0 Å². The summed E-state index contributed by atoms with van der Waals surface area (Å²) in [5, 5.41) is 20.7. The number of hydrogen-bond acceptors (Lipinski definition) is 5. The Kier molecular flexibility index (Phi) is 3.51. The predicted molar refractivity (Wildman–Crippen MR) is 49.4 cm³/mol. The number of aliphatic carboxylic acids is 1. The topological polar surface area (TPSA) is 100 Å². The van der Waals surface area contributed by atoms with Gasteiger partial charge in [-0.15, -0.1) is 0 Å². The molecule has 0 aromatic heterocycles. The number of carbonyl (C=O) groups excluding carboxylic acids is 1. The van der Waals surface area contributed by atoms with Gasteiger partial charge in [0.15, 0.2) is 0 Å². The molecule has 0 spiro atoms. The van der Waals surface area contributed by atoms with Crippen molar-refractivity contribution < 1.29 is 19.0 Å². The van der Waals surface area contributed by atoms with E-state index in [9.17, 15) is 24.2 Å². The van der Waals surface area contributed by atoms with Crippen LogP contribution in [0.1, 0.15) is 0 Å². The normalized spacial score (nSPS) is 12.0. The number of rotatable bonds is 4. The molecule has 0 saturated heterocycles. The van der Waals surface area contributed by atoms with Crippen LogP contribution in [0, 0.1) is 10.1 Å². The minimum Gasteiger partial charge on any atom is -0.549 e. The second-order valence-electron chi connectivity index (χ2n) is 2.59. The molecule has 1 aromatic rings. The Hall–Kier alpha value is -1.76. The van der Waals surface area contributed by atoms with Gasteiger partial charge in [-0.3, -0.25) is 14.3 Å². The molecule has 0 aliphatic heterocycles. The highest BCUT2D eigenvalue weighted by molar-refractivity contribution is 7.85. The SMILES string of the molecule is O=C([O-])C[S@](=O)c1ccccc1[N+](=O)[O-]. The van der Waals surface area contributed by atoms with Gasteiger partial charge in [0.2, 0.25) is 0 Å². The van der Waals surface area contributed by atoms with E-state index in [0.717, 1.165) is 0 Å². The summed E-state index contributed by atoms with van der Waals surface area (Å²) in [5.41, 5.74) is -0.350. The minimum absolute atomic E-state index is 0.105. The van der Waals surface area contributed by atoms with Crippen LogP contribution in [0.15, 0.2) is 29.2 Å². The maximum atomic E-state index is 11.4. The third kappa shape index (κ3) is 2.84. The lowest BCUT2D eigenvalue weighted by molar-refractivity contribution is -0.387. The van der Waals surface area contributed by atoms with Crippen molar-refractivity contribution in [1.29, 1.82) is 0 Å². The molecule has 0 unspecified atom stereocenters. The summed E-state index contributed by atoms with van der Waals surface area (Å²) in [6.45, 7) is 0. The summed E-state index contributed by atoms with van der Waals surface area (Å²) in [4.78, 5) is 19.9. The molecule has 0 aliphatic rings. The molecule has 1 rings (SSSR count). The Labute approximate surface area is 87.1 Å². The van der Waals surface area contributed by atoms with Gasteiger partial charge in [0, 0.05) is 6.07 Å². The molecule has 0 saturated carbocycles. The summed E-state index contributed by atoms with van der Waals surface area (Å²) < 4.78 is 11.4. The van der Waals surface area contributed by atoms with Gasteiger partial charge in [-0.2, -0.15) is 0 Å². The van der Waals surface area contributed by atoms with Gasteiger partial charge in [-0.1, -0.05) is 12.1 Å². The molecule has 80 valence electrons. The molecule has 0 heterocycles. The summed E-state index contributed by atoms with van der Waals surface area (Å²) in [6, 6.07) is 5.30. The van der Waals surface area contributed by atoms with Crippen molar-refractivity contribution >= 4 is 22.5 Å². The first-order valence-corrected chi connectivity index (χ1v) is 5.16. The van der Waals surface area contributed by atoms with Gasteiger partial charge in [0.1, 0.15) is 4.90 Å². The average Bonchev–Trinajstić information content (AvgIpc) is 2.16. The van der Waals surface area contributed by atoms with E-state index < -0.39 is 27.4 Å². The van der Waals surface area contributed by atoms with Gasteiger partial charge in [-0.25, -0.2) is 0 Å². The molecule has 0 amide bonds. The molecule has 0 N–H and O–H groups in total. The number of nitrogens with zero attached hydrogens (tertiary/aromatic N) is 1. The maximum absolute atomic E-state index is 11.4. The van der Waals surface area contributed by atoms with Crippen molar-refractivity contribution in [2.45, 2.75) is 4.90 Å². The molecule has 0 bridgehead atoms. The van der Waals surface area contributed by atoms with E-state index >= 15 is 0 Å². The van der Waals surface area contributed by atoms with E-state index in [1.54, 1.807) is 0 Å². The van der Waals surface area contributed by atoms with Crippen LogP contribution in [-0.2, 0) is 15.6 Å². The Morgan fingerprint density at radius 1 is 1.40 bits per heavy atom. The van der Waals surface area contributed by atoms with Gasteiger partial charge >= 0.3 is 0 Å². The highest BCUT2D eigenvalue weighted by Gasteiger charge is 2.17. The predicted octanol–water partition coefficient (Wildman–Crippen LogP) is -0.548. The number of carbonyl (C=O) groups is 1. The van der Waals surface area contributed by atoms with Crippen molar-refractivity contribution in [1.82, 2.24) is 0 Å². The largest absolute Gasteiger partial charge is 0.549 e. The van der Waals surface area contributed by atoms with Crippen LogP contribution in [0.4, 0.5) is 5.69 Å². The molecule has 1 aromatic carbocycles. The van der Waals surface area contributed by atoms with Gasteiger partial charge in [0.25, 0.3) is 5.69 Å². The van der Waals surface area contributed by atoms with Crippen LogP contribution >= 0.6 is 0 Å². The summed E-state index contributed by atoms with van der Waals surface area (Å²) in [7, 11) is -1.95. The van der Waals surface area contributed by atoms with Crippen molar-refractivity contribution in [3.05, 3.63) is 34.4 Å². The Morgan fingerprint density at radius 2 is 2.00 bits per heavy atom. The molecule has 0 fully saturated rings. The third-order valence-electron chi connectivity index (χ3n) is 1.56. The maximum Gasteiger partial charge on any atom is 0.285 e. The smallest absolute Gasteiger partial charge is 0.285 e. The van der Waals surface area contributed by atoms with Crippen LogP contribution in [0.2, 0.25) is 0 Å². The van der Waals surface area contributed by atoms with E-state index in [1.807, 2.05) is 0 Å². The monoisotopic (exact) mass is 228 g/mol. The number of hydrogen-bond donors (Lipinski definition) is 0. The molecule has 6 nitrogen and oxygen atoms in total. The fourth-order valence-corrected chi connectivity index (χ4v) is 1.96. The van der Waals surface area contributed by atoms with E-state index in [4.69, 9.17) is 0 Å². The summed E-state index contributed by atoms with van der Waals surface area (Å²) in [6.07, 6.45) is 0. The van der Waals surface area contributed by atoms with E-state index in [1.165, 1.54) is 24.3 Å². The number of para-hydroxylation sites is 1. The number of carboxylic acids is 1. The molecular formula is C8H6NO5S-. The van der Waals surface area contributed by atoms with Gasteiger partial charge in [0.05, 0.1) is 27.4 Å². The van der Waals surface area contributed by atoms with Crippen molar-refractivity contribution in [3.63, 3.8) is 0 Å². The second-order valence-corrected chi connectivity index (χ2v) is 4.01. The summed E-state index contributed by atoms with van der Waals surface area (Å²) in [5.74, 6) is -2.25. The van der Waals surface area contributed by atoms with E-state index in [-0.39, 0.29) is 10.6 Å². The van der Waals surface area contributed by atoms with Crippen molar-refractivity contribution in [2.24, 2.45) is 0 Å². The third-order valence-corrected chi connectivity index (χ3v) is 2.89. The number of nitro benzene ring substituents is 1. The van der Waals surface area contributed by atoms with E-state index in [2.05, 4.69) is 0 Å². The van der Waals surface area contributed by atoms with Crippen LogP contribution in [0.25, 0.3) is 0 Å². The van der Waals surface area contributed by atoms with Crippen LogP contribution in [0.3, 0.4) is 0 Å². The minimum atomic E-state index is -1.95. The van der Waals surface area contributed by atoms with Crippen LogP contribution in [0.5, 0.6) is 0 Å². The Balaban J connectivity index is 3.08. The molecule has 0 radical (unpaired) electrons. The zero-order chi connectivity index (χ0) is 11.4. The zero-order valence-corrected chi connectivity index (χ0v) is 8.23. The Bertz CT molecular complexity index is 431. The number of carboxylic acid groups (broad SMARTS) is 1. The standard InChI is InChI=1S/C8H7NO5S/c10-8(11)5-15(14)7-4-2-1-3-6(7)9(12)13/h1-4H,5H2,(H,10,11)/p-1/t15-/m0/s1. The fourth-order valence-electron chi connectivity index (χ4n) is 0.985. The van der Waals surface area contributed by atoms with Crippen molar-refractivity contribution in [2.75, 3.05) is 5.75 Å². The molecule has 1 atom stereocenters. The Morgan fingerprint density at radius 3 is 2.53 bits per heavy atom. The van der Waals surface area contributed by atoms with Gasteiger partial charge < -0.3 is 9.90 Å². The molecule has 7 heteroatoms. The first-order chi connectivity index (χ1) is 7.02. The molecule has 15 heavy (non-hydrogen) atoms. The molecule has 0 aliphatic carbocycles. The second kappa shape index (κ2) is 4.65. The quantitative estimate of drug-likeness (QED) is 0.508. The van der Waals surface area contributed by atoms with Gasteiger partial charge in [-0.05, 0) is 6.07 Å².